The molecule has 2 saturated heterocycles. The van der Waals surface area contributed by atoms with Gasteiger partial charge in [0.15, 0.2) is 0 Å². The van der Waals surface area contributed by atoms with Gasteiger partial charge in [-0.2, -0.15) is 0 Å². The zero-order chi connectivity index (χ0) is 6.27. The van der Waals surface area contributed by atoms with Crippen molar-refractivity contribution in [2.75, 3.05) is 0 Å². The first kappa shape index (κ1) is 5.72. The molecule has 1 nitrogen and oxygen atoms in total. The Hall–Kier alpha value is -0.0400. The lowest BCUT2D eigenvalue weighted by Crippen LogP contribution is -2.50. The second-order valence-electron chi connectivity index (χ2n) is 3.57. The molecule has 1 saturated carbocycles. The molecule has 0 aromatic heterocycles. The molecule has 3 rings (SSSR count). The van der Waals surface area contributed by atoms with Crippen LogP contribution in [0.4, 0.5) is 0 Å². The molecule has 2 heterocycles. The number of nitrogens with one attached hydrogen (secondary N) is 1. The van der Waals surface area contributed by atoms with Crippen molar-refractivity contribution in [3.05, 3.63) is 0 Å². The Morgan fingerprint density at radius 1 is 1.11 bits per heavy atom. The topological polar surface area (TPSA) is 12.0 Å². The molecule has 3 fully saturated rings. The van der Waals surface area contributed by atoms with Crippen LogP contribution in [-0.4, -0.2) is 12.1 Å². The summed E-state index contributed by atoms with van der Waals surface area (Å²) in [5.41, 5.74) is 0. The van der Waals surface area contributed by atoms with Crippen molar-refractivity contribution in [2.24, 2.45) is 5.92 Å². The second-order valence-corrected chi connectivity index (χ2v) is 3.57. The highest BCUT2D eigenvalue weighted by Gasteiger charge is 2.31. The molecule has 3 aliphatic rings. The second kappa shape index (κ2) is 1.98. The van der Waals surface area contributed by atoms with Gasteiger partial charge in [-0.1, -0.05) is 0 Å². The molecule has 1 N–H and O–H groups in total. The van der Waals surface area contributed by atoms with E-state index in [2.05, 4.69) is 12.2 Å². The molecule has 9 heavy (non-hydrogen) atoms. The molecule has 1 heteroatoms. The van der Waals surface area contributed by atoms with Crippen molar-refractivity contribution in [1.29, 1.82) is 0 Å². The summed E-state index contributed by atoms with van der Waals surface area (Å²) in [5.74, 6) is 1.01. The Bertz CT molecular complexity index is 103. The van der Waals surface area contributed by atoms with Gasteiger partial charge >= 0.3 is 0 Å². The molecule has 52 valence electrons. The van der Waals surface area contributed by atoms with Gasteiger partial charge in [-0.25, -0.2) is 0 Å². The standard InChI is InChI=1S/C8H15N/c1-6-7-2-4-8(9-6)5-3-7/h6-9H,2-5H2,1H3/t6-,7?,8?/m0/s1. The summed E-state index contributed by atoms with van der Waals surface area (Å²) in [4.78, 5) is 0. The molecule has 0 amide bonds. The molecular weight excluding hydrogens is 110 g/mol. The Morgan fingerprint density at radius 2 is 1.78 bits per heavy atom. The van der Waals surface area contributed by atoms with Crippen molar-refractivity contribution in [2.45, 2.75) is 44.7 Å². The van der Waals surface area contributed by atoms with Gasteiger partial charge in [0.05, 0.1) is 0 Å². The van der Waals surface area contributed by atoms with Gasteiger partial charge in [0.25, 0.3) is 0 Å². The van der Waals surface area contributed by atoms with E-state index >= 15 is 0 Å². The minimum Gasteiger partial charge on any atom is -0.311 e. The third kappa shape index (κ3) is 0.877. The van der Waals surface area contributed by atoms with Crippen molar-refractivity contribution in [3.8, 4) is 0 Å². The maximum atomic E-state index is 3.62. The minimum atomic E-state index is 0.817. The molecule has 0 spiro atoms. The van der Waals surface area contributed by atoms with Crippen LogP contribution in [0.3, 0.4) is 0 Å². The van der Waals surface area contributed by atoms with E-state index < -0.39 is 0 Å². The smallest absolute Gasteiger partial charge is 0.00698 e. The number of hydrogen-bond acceptors (Lipinski definition) is 1. The van der Waals surface area contributed by atoms with E-state index in [0.717, 1.165) is 18.0 Å². The number of rotatable bonds is 0. The zero-order valence-electron chi connectivity index (χ0n) is 6.06. The molecule has 2 bridgehead atoms. The summed E-state index contributed by atoms with van der Waals surface area (Å²) in [6, 6.07) is 1.70. The van der Waals surface area contributed by atoms with E-state index in [1.54, 1.807) is 0 Å². The van der Waals surface area contributed by atoms with E-state index in [-0.39, 0.29) is 0 Å². The lowest BCUT2D eigenvalue weighted by molar-refractivity contribution is 0.159. The fourth-order valence-electron chi connectivity index (χ4n) is 2.29. The van der Waals surface area contributed by atoms with Gasteiger partial charge in [0, 0.05) is 12.1 Å². The molecule has 2 aliphatic heterocycles. The molecule has 0 unspecified atom stereocenters. The van der Waals surface area contributed by atoms with Crippen LogP contribution in [0.5, 0.6) is 0 Å². The summed E-state index contributed by atoms with van der Waals surface area (Å²) in [6.45, 7) is 2.33. The van der Waals surface area contributed by atoms with Crippen LogP contribution in [-0.2, 0) is 0 Å². The molecule has 0 aromatic rings. The first-order valence-corrected chi connectivity index (χ1v) is 4.12. The molecule has 1 aliphatic carbocycles. The summed E-state index contributed by atoms with van der Waals surface area (Å²) in [6.07, 6.45) is 5.85. The van der Waals surface area contributed by atoms with Crippen LogP contribution in [0, 0.1) is 5.92 Å². The Kier molecular flexibility index (Phi) is 1.26. The Morgan fingerprint density at radius 3 is 2.00 bits per heavy atom. The van der Waals surface area contributed by atoms with Crippen molar-refractivity contribution < 1.29 is 0 Å². The third-order valence-corrected chi connectivity index (χ3v) is 2.98. The fraction of sp³-hybridized carbons (Fsp3) is 1.00. The van der Waals surface area contributed by atoms with Crippen LogP contribution in [0.25, 0.3) is 0 Å². The normalized spacial score (nSPS) is 49.7. The maximum absolute atomic E-state index is 3.62. The Balaban J connectivity index is 2.06. The van der Waals surface area contributed by atoms with Gasteiger partial charge < -0.3 is 5.32 Å². The first-order valence-electron chi connectivity index (χ1n) is 4.12. The van der Waals surface area contributed by atoms with Crippen molar-refractivity contribution in [1.82, 2.24) is 5.32 Å². The number of piperidine rings is 2. The van der Waals surface area contributed by atoms with Crippen LogP contribution in [0.15, 0.2) is 0 Å². The summed E-state index contributed by atoms with van der Waals surface area (Å²) < 4.78 is 0. The van der Waals surface area contributed by atoms with Gasteiger partial charge in [-0.15, -0.1) is 0 Å². The molecule has 0 radical (unpaired) electrons. The van der Waals surface area contributed by atoms with E-state index in [9.17, 15) is 0 Å². The van der Waals surface area contributed by atoms with E-state index in [1.165, 1.54) is 25.7 Å². The minimum absolute atomic E-state index is 0.817. The average Bonchev–Trinajstić information content (AvgIpc) is 1.90. The first-order chi connectivity index (χ1) is 4.36. The van der Waals surface area contributed by atoms with Gasteiger partial charge in [0.1, 0.15) is 0 Å². The molecule has 0 aromatic carbocycles. The predicted octanol–water partition coefficient (Wildman–Crippen LogP) is 1.54. The lowest BCUT2D eigenvalue weighted by atomic mass is 9.77. The highest BCUT2D eigenvalue weighted by Crippen LogP contribution is 2.32. The predicted molar refractivity (Wildman–Crippen MR) is 38.3 cm³/mol. The van der Waals surface area contributed by atoms with Crippen LogP contribution in [0.2, 0.25) is 0 Å². The largest absolute Gasteiger partial charge is 0.311 e. The highest BCUT2D eigenvalue weighted by molar-refractivity contribution is 4.90. The van der Waals surface area contributed by atoms with Gasteiger partial charge in [-0.05, 0) is 38.5 Å². The highest BCUT2D eigenvalue weighted by atomic mass is 15.0. The SMILES string of the molecule is C[C@@H]1NC2CCC1CC2. The Labute approximate surface area is 56.8 Å². The fourth-order valence-corrected chi connectivity index (χ4v) is 2.29. The van der Waals surface area contributed by atoms with E-state index in [0.29, 0.717) is 0 Å². The monoisotopic (exact) mass is 125 g/mol. The summed E-state index contributed by atoms with van der Waals surface area (Å²) in [7, 11) is 0. The van der Waals surface area contributed by atoms with Crippen molar-refractivity contribution >= 4 is 0 Å². The number of fused-ring (bicyclic) bond motifs is 3. The summed E-state index contributed by atoms with van der Waals surface area (Å²) in [5, 5.41) is 3.62. The van der Waals surface area contributed by atoms with Crippen LogP contribution in [0.1, 0.15) is 32.6 Å². The van der Waals surface area contributed by atoms with Crippen LogP contribution < -0.4 is 5.32 Å². The van der Waals surface area contributed by atoms with E-state index in [1.807, 2.05) is 0 Å². The average molecular weight is 125 g/mol. The zero-order valence-corrected chi connectivity index (χ0v) is 6.06. The third-order valence-electron chi connectivity index (χ3n) is 2.98. The molecular formula is C8H15N. The summed E-state index contributed by atoms with van der Waals surface area (Å²) >= 11 is 0. The molecule has 1 atom stereocenters. The lowest BCUT2D eigenvalue weighted by Gasteiger charge is -2.42. The van der Waals surface area contributed by atoms with Gasteiger partial charge in [-0.3, -0.25) is 0 Å². The van der Waals surface area contributed by atoms with E-state index in [4.69, 9.17) is 0 Å². The number of hydrogen-bond donors (Lipinski definition) is 1. The van der Waals surface area contributed by atoms with Crippen molar-refractivity contribution in [3.63, 3.8) is 0 Å². The quantitative estimate of drug-likeness (QED) is 0.518. The van der Waals surface area contributed by atoms with Gasteiger partial charge in [0.2, 0.25) is 0 Å². The van der Waals surface area contributed by atoms with Crippen LogP contribution >= 0.6 is 0 Å². The maximum Gasteiger partial charge on any atom is 0.00698 e.